The van der Waals surface area contributed by atoms with Crippen molar-refractivity contribution in [1.29, 1.82) is 0 Å². The Morgan fingerprint density at radius 3 is 2.72 bits per heavy atom. The lowest BCUT2D eigenvalue weighted by Crippen LogP contribution is -2.45. The summed E-state index contributed by atoms with van der Waals surface area (Å²) in [7, 11) is 0. The summed E-state index contributed by atoms with van der Waals surface area (Å²) in [5.41, 5.74) is 5.06. The Balaban J connectivity index is 2.07. The van der Waals surface area contributed by atoms with Crippen LogP contribution in [0.2, 0.25) is 0 Å². The zero-order valence-electron chi connectivity index (χ0n) is 9.51. The van der Waals surface area contributed by atoms with Crippen LogP contribution in [0.4, 0.5) is 18.9 Å². The Morgan fingerprint density at radius 1 is 1.28 bits per heavy atom. The molecule has 7 heteroatoms. The molecular weight excluding hydrogens is 245 g/mol. The van der Waals surface area contributed by atoms with Gasteiger partial charge in [-0.2, -0.15) is 13.2 Å². The van der Waals surface area contributed by atoms with Crippen LogP contribution in [-0.2, 0) is 6.18 Å². The van der Waals surface area contributed by atoms with E-state index in [0.717, 1.165) is 6.07 Å². The van der Waals surface area contributed by atoms with Crippen molar-refractivity contribution in [2.75, 3.05) is 25.0 Å². The molecule has 0 aliphatic carbocycles. The molecule has 18 heavy (non-hydrogen) atoms. The number of benzene rings is 1. The van der Waals surface area contributed by atoms with Gasteiger partial charge in [-0.25, -0.2) is 5.43 Å². The molecule has 1 aromatic carbocycles. The summed E-state index contributed by atoms with van der Waals surface area (Å²) >= 11 is 0. The fraction of sp³-hybridized carbons (Fsp3) is 0.364. The fourth-order valence-corrected chi connectivity index (χ4v) is 1.61. The maximum Gasteiger partial charge on any atom is 0.418 e. The predicted molar refractivity (Wildman–Crippen MR) is 63.4 cm³/mol. The van der Waals surface area contributed by atoms with E-state index < -0.39 is 11.7 Å². The third kappa shape index (κ3) is 3.13. The highest BCUT2D eigenvalue weighted by molar-refractivity contribution is 5.86. The highest BCUT2D eigenvalue weighted by Gasteiger charge is 2.33. The van der Waals surface area contributed by atoms with Crippen molar-refractivity contribution in [3.8, 4) is 0 Å². The normalized spacial score (nSPS) is 15.8. The van der Waals surface area contributed by atoms with Crippen LogP contribution in [0.1, 0.15) is 5.56 Å². The lowest BCUT2D eigenvalue weighted by molar-refractivity contribution is -0.136. The minimum atomic E-state index is -4.36. The van der Waals surface area contributed by atoms with E-state index in [1.807, 2.05) is 0 Å². The summed E-state index contributed by atoms with van der Waals surface area (Å²) in [4.78, 5) is 4.14. The molecule has 0 saturated carbocycles. The summed E-state index contributed by atoms with van der Waals surface area (Å²) < 4.78 is 38.1. The number of hydrogen-bond acceptors (Lipinski definition) is 4. The van der Waals surface area contributed by atoms with Gasteiger partial charge in [0.1, 0.15) is 5.84 Å². The third-order valence-corrected chi connectivity index (χ3v) is 2.45. The van der Waals surface area contributed by atoms with Crippen molar-refractivity contribution >= 4 is 11.5 Å². The van der Waals surface area contributed by atoms with Crippen molar-refractivity contribution < 1.29 is 13.2 Å². The van der Waals surface area contributed by atoms with Crippen LogP contribution >= 0.6 is 0 Å². The average molecular weight is 258 g/mol. The molecule has 1 aromatic rings. The first-order valence-corrected chi connectivity index (χ1v) is 5.49. The molecule has 0 bridgehead atoms. The number of para-hydroxylation sites is 1. The van der Waals surface area contributed by atoms with Gasteiger partial charge < -0.3 is 10.7 Å². The van der Waals surface area contributed by atoms with E-state index in [4.69, 9.17) is 0 Å². The van der Waals surface area contributed by atoms with Crippen LogP contribution in [0.25, 0.3) is 0 Å². The van der Waals surface area contributed by atoms with Gasteiger partial charge in [-0.3, -0.25) is 4.99 Å². The fourth-order valence-electron chi connectivity index (χ4n) is 1.61. The second-order valence-corrected chi connectivity index (χ2v) is 3.78. The van der Waals surface area contributed by atoms with Gasteiger partial charge in [-0.1, -0.05) is 12.1 Å². The van der Waals surface area contributed by atoms with E-state index >= 15 is 0 Å². The molecule has 0 radical (unpaired) electrons. The molecule has 4 nitrogen and oxygen atoms in total. The molecule has 0 saturated heterocycles. The molecule has 98 valence electrons. The van der Waals surface area contributed by atoms with E-state index in [0.29, 0.717) is 18.9 Å². The number of nitrogens with zero attached hydrogens (tertiary/aromatic N) is 1. The number of rotatable bonds is 3. The van der Waals surface area contributed by atoms with Gasteiger partial charge in [-0.05, 0) is 12.1 Å². The topological polar surface area (TPSA) is 48.5 Å². The summed E-state index contributed by atoms with van der Waals surface area (Å²) in [6.45, 7) is 1.55. The lowest BCUT2D eigenvalue weighted by atomic mass is 10.1. The molecule has 3 N–H and O–H groups in total. The average Bonchev–Trinajstić information content (AvgIpc) is 2.37. The van der Waals surface area contributed by atoms with Crippen LogP contribution in [-0.4, -0.2) is 25.5 Å². The molecule has 1 heterocycles. The highest BCUT2D eigenvalue weighted by Crippen LogP contribution is 2.34. The molecule has 0 aromatic heterocycles. The second-order valence-electron chi connectivity index (χ2n) is 3.78. The van der Waals surface area contributed by atoms with Crippen molar-refractivity contribution in [1.82, 2.24) is 10.9 Å². The Bertz CT molecular complexity index is 442. The molecule has 1 aliphatic heterocycles. The maximum atomic E-state index is 12.7. The zero-order valence-corrected chi connectivity index (χ0v) is 9.51. The largest absolute Gasteiger partial charge is 0.418 e. The van der Waals surface area contributed by atoms with Crippen molar-refractivity contribution in [2.45, 2.75) is 6.18 Å². The van der Waals surface area contributed by atoms with Crippen LogP contribution in [0, 0.1) is 0 Å². The minimum Gasteiger partial charge on any atom is -0.377 e. The zero-order chi connectivity index (χ0) is 13.0. The first kappa shape index (κ1) is 12.7. The van der Waals surface area contributed by atoms with E-state index in [9.17, 15) is 13.2 Å². The van der Waals surface area contributed by atoms with Gasteiger partial charge in [0, 0.05) is 12.2 Å². The van der Waals surface area contributed by atoms with Crippen molar-refractivity contribution in [3.05, 3.63) is 29.8 Å². The van der Waals surface area contributed by atoms with Crippen LogP contribution in [0.15, 0.2) is 29.3 Å². The molecule has 1 aliphatic rings. The number of hydrazine groups is 1. The first-order chi connectivity index (χ1) is 8.57. The van der Waals surface area contributed by atoms with Gasteiger partial charge in [-0.15, -0.1) is 0 Å². The molecule has 0 unspecified atom stereocenters. The summed E-state index contributed by atoms with van der Waals surface area (Å²) in [5, 5.41) is 2.74. The molecule has 0 amide bonds. The quantitative estimate of drug-likeness (QED) is 0.772. The number of anilines is 1. The van der Waals surface area contributed by atoms with E-state index in [2.05, 4.69) is 21.2 Å². The molecule has 0 fully saturated rings. The van der Waals surface area contributed by atoms with E-state index in [1.54, 1.807) is 6.07 Å². The number of alkyl halides is 3. The van der Waals surface area contributed by atoms with Crippen LogP contribution in [0.3, 0.4) is 0 Å². The third-order valence-electron chi connectivity index (χ3n) is 2.45. The SMILES string of the molecule is FC(F)(F)c1ccccc1NCC1=NCCNN1. The highest BCUT2D eigenvalue weighted by atomic mass is 19.4. The number of aliphatic imine (C=N–C) groups is 1. The number of nitrogens with one attached hydrogen (secondary N) is 3. The van der Waals surface area contributed by atoms with Crippen molar-refractivity contribution in [2.24, 2.45) is 4.99 Å². The maximum absolute atomic E-state index is 12.7. The molecule has 0 spiro atoms. The molecule has 2 rings (SSSR count). The first-order valence-electron chi connectivity index (χ1n) is 5.49. The van der Waals surface area contributed by atoms with E-state index in [-0.39, 0.29) is 12.2 Å². The van der Waals surface area contributed by atoms with Crippen LogP contribution < -0.4 is 16.2 Å². The van der Waals surface area contributed by atoms with Gasteiger partial charge >= 0.3 is 6.18 Å². The number of halogens is 3. The smallest absolute Gasteiger partial charge is 0.377 e. The Kier molecular flexibility index (Phi) is 3.71. The van der Waals surface area contributed by atoms with Gasteiger partial charge in [0.25, 0.3) is 0 Å². The summed E-state index contributed by atoms with van der Waals surface area (Å²) in [5.74, 6) is 0.596. The minimum absolute atomic E-state index is 0.0556. The van der Waals surface area contributed by atoms with Crippen molar-refractivity contribution in [3.63, 3.8) is 0 Å². The summed E-state index contributed by atoms with van der Waals surface area (Å²) in [6, 6.07) is 5.38. The Labute approximate surface area is 102 Å². The standard InChI is InChI=1S/C11H13F3N4/c12-11(13,14)8-3-1-2-4-9(8)16-7-10-15-5-6-17-18-10/h1-4,16-17H,5-7H2,(H,15,18). The van der Waals surface area contributed by atoms with Gasteiger partial charge in [0.15, 0.2) is 0 Å². The van der Waals surface area contributed by atoms with Gasteiger partial charge in [0.05, 0.1) is 18.7 Å². The predicted octanol–water partition coefficient (Wildman–Crippen LogP) is 1.62. The second kappa shape index (κ2) is 5.26. The Hall–Kier alpha value is -1.76. The Morgan fingerprint density at radius 2 is 2.06 bits per heavy atom. The van der Waals surface area contributed by atoms with Crippen LogP contribution in [0.5, 0.6) is 0 Å². The number of amidine groups is 1. The van der Waals surface area contributed by atoms with E-state index in [1.165, 1.54) is 12.1 Å². The monoisotopic (exact) mass is 258 g/mol. The molecular formula is C11H13F3N4. The summed E-state index contributed by atoms with van der Waals surface area (Å²) in [6.07, 6.45) is -4.36. The lowest BCUT2D eigenvalue weighted by Gasteiger charge is -2.18. The molecule has 0 atom stereocenters. The number of hydrogen-bond donors (Lipinski definition) is 3. The van der Waals surface area contributed by atoms with Gasteiger partial charge in [0.2, 0.25) is 0 Å².